The van der Waals surface area contributed by atoms with E-state index in [1.165, 1.54) is 17.7 Å². The van der Waals surface area contributed by atoms with Gasteiger partial charge in [0, 0.05) is 37.3 Å². The normalized spacial score (nSPS) is 27.8. The van der Waals surface area contributed by atoms with Crippen LogP contribution in [0.5, 0.6) is 0 Å². The first kappa shape index (κ1) is 12.0. The number of rotatable bonds is 4. The SMILES string of the molecule is CC(NCC1CNc2ccccc21)C1CCOC1. The Morgan fingerprint density at radius 2 is 2.33 bits per heavy atom. The van der Waals surface area contributed by atoms with Gasteiger partial charge in [0.25, 0.3) is 0 Å². The maximum atomic E-state index is 5.45. The molecule has 3 unspecified atom stereocenters. The number of ether oxygens (including phenoxy) is 1. The summed E-state index contributed by atoms with van der Waals surface area (Å²) in [6.07, 6.45) is 1.20. The van der Waals surface area contributed by atoms with E-state index in [4.69, 9.17) is 4.74 Å². The van der Waals surface area contributed by atoms with Crippen molar-refractivity contribution in [1.29, 1.82) is 0 Å². The molecule has 0 spiro atoms. The first-order valence-electron chi connectivity index (χ1n) is 6.98. The minimum absolute atomic E-state index is 0.556. The van der Waals surface area contributed by atoms with Gasteiger partial charge in [-0.25, -0.2) is 0 Å². The van der Waals surface area contributed by atoms with Crippen LogP contribution in [0.2, 0.25) is 0 Å². The van der Waals surface area contributed by atoms with E-state index in [2.05, 4.69) is 41.8 Å². The number of hydrogen-bond acceptors (Lipinski definition) is 3. The summed E-state index contributed by atoms with van der Waals surface area (Å²) in [6, 6.07) is 9.20. The fourth-order valence-electron chi connectivity index (χ4n) is 2.98. The van der Waals surface area contributed by atoms with E-state index >= 15 is 0 Å². The zero-order valence-corrected chi connectivity index (χ0v) is 11.0. The molecule has 2 heterocycles. The number of nitrogens with one attached hydrogen (secondary N) is 2. The summed E-state index contributed by atoms with van der Waals surface area (Å²) in [5.41, 5.74) is 2.76. The highest BCUT2D eigenvalue weighted by Gasteiger charge is 2.25. The predicted molar refractivity (Wildman–Crippen MR) is 74.1 cm³/mol. The fourth-order valence-corrected chi connectivity index (χ4v) is 2.98. The third kappa shape index (κ3) is 2.38. The van der Waals surface area contributed by atoms with Gasteiger partial charge in [-0.05, 0) is 30.9 Å². The maximum absolute atomic E-state index is 5.45. The van der Waals surface area contributed by atoms with Crippen LogP contribution >= 0.6 is 0 Å². The Kier molecular flexibility index (Phi) is 3.52. The van der Waals surface area contributed by atoms with Crippen molar-refractivity contribution in [2.75, 3.05) is 31.6 Å². The molecule has 1 fully saturated rings. The number of para-hydroxylation sites is 1. The lowest BCUT2D eigenvalue weighted by Crippen LogP contribution is -2.36. The molecule has 98 valence electrons. The molecule has 3 nitrogen and oxygen atoms in total. The average molecular weight is 246 g/mol. The Morgan fingerprint density at radius 1 is 1.44 bits per heavy atom. The van der Waals surface area contributed by atoms with Gasteiger partial charge in [-0.15, -0.1) is 0 Å². The Morgan fingerprint density at radius 3 is 3.17 bits per heavy atom. The Labute approximate surface area is 109 Å². The van der Waals surface area contributed by atoms with Crippen LogP contribution in [0, 0.1) is 5.92 Å². The zero-order valence-electron chi connectivity index (χ0n) is 11.0. The summed E-state index contributed by atoms with van der Waals surface area (Å²) in [7, 11) is 0. The molecule has 1 aromatic rings. The first-order valence-corrected chi connectivity index (χ1v) is 6.98. The zero-order chi connectivity index (χ0) is 12.4. The quantitative estimate of drug-likeness (QED) is 0.854. The Bertz CT molecular complexity index is 401. The smallest absolute Gasteiger partial charge is 0.0509 e. The van der Waals surface area contributed by atoms with E-state index in [-0.39, 0.29) is 0 Å². The van der Waals surface area contributed by atoms with Gasteiger partial charge in [-0.1, -0.05) is 18.2 Å². The molecule has 2 aliphatic rings. The van der Waals surface area contributed by atoms with Crippen LogP contribution < -0.4 is 10.6 Å². The summed E-state index contributed by atoms with van der Waals surface area (Å²) in [5.74, 6) is 1.29. The molecule has 0 aliphatic carbocycles. The van der Waals surface area contributed by atoms with Gasteiger partial charge in [0.2, 0.25) is 0 Å². The van der Waals surface area contributed by atoms with Crippen LogP contribution in [0.25, 0.3) is 0 Å². The van der Waals surface area contributed by atoms with Gasteiger partial charge in [0.15, 0.2) is 0 Å². The summed E-state index contributed by atoms with van der Waals surface area (Å²) in [6.45, 7) is 6.26. The van der Waals surface area contributed by atoms with Crippen molar-refractivity contribution >= 4 is 5.69 Å². The summed E-state index contributed by atoms with van der Waals surface area (Å²) >= 11 is 0. The molecule has 1 saturated heterocycles. The summed E-state index contributed by atoms with van der Waals surface area (Å²) in [4.78, 5) is 0. The van der Waals surface area contributed by atoms with E-state index < -0.39 is 0 Å². The third-order valence-electron chi connectivity index (χ3n) is 4.30. The molecule has 0 bridgehead atoms. The lowest BCUT2D eigenvalue weighted by Gasteiger charge is -2.21. The predicted octanol–water partition coefficient (Wildman–Crippen LogP) is 2.21. The molecule has 3 rings (SSSR count). The molecular formula is C15H22N2O. The molecule has 0 amide bonds. The molecule has 1 aromatic carbocycles. The van der Waals surface area contributed by atoms with E-state index in [1.807, 2.05) is 0 Å². The van der Waals surface area contributed by atoms with Gasteiger partial charge in [0.05, 0.1) is 6.61 Å². The van der Waals surface area contributed by atoms with Gasteiger partial charge >= 0.3 is 0 Å². The second-order valence-corrected chi connectivity index (χ2v) is 5.49. The highest BCUT2D eigenvalue weighted by atomic mass is 16.5. The van der Waals surface area contributed by atoms with Crippen LogP contribution in [0.3, 0.4) is 0 Å². The van der Waals surface area contributed by atoms with Crippen molar-refractivity contribution in [2.24, 2.45) is 5.92 Å². The van der Waals surface area contributed by atoms with E-state index in [0.717, 1.165) is 26.3 Å². The van der Waals surface area contributed by atoms with Crippen LogP contribution in [-0.2, 0) is 4.74 Å². The highest BCUT2D eigenvalue weighted by molar-refractivity contribution is 5.57. The van der Waals surface area contributed by atoms with Crippen molar-refractivity contribution in [3.8, 4) is 0 Å². The maximum Gasteiger partial charge on any atom is 0.0509 e. The number of hydrogen-bond donors (Lipinski definition) is 2. The monoisotopic (exact) mass is 246 g/mol. The fraction of sp³-hybridized carbons (Fsp3) is 0.600. The highest BCUT2D eigenvalue weighted by Crippen LogP contribution is 2.30. The van der Waals surface area contributed by atoms with E-state index in [0.29, 0.717) is 17.9 Å². The summed E-state index contributed by atoms with van der Waals surface area (Å²) < 4.78 is 5.45. The van der Waals surface area contributed by atoms with E-state index in [9.17, 15) is 0 Å². The Balaban J connectivity index is 1.55. The molecule has 2 N–H and O–H groups in total. The second kappa shape index (κ2) is 5.29. The van der Waals surface area contributed by atoms with Crippen LogP contribution in [0.1, 0.15) is 24.8 Å². The molecule has 18 heavy (non-hydrogen) atoms. The number of benzene rings is 1. The van der Waals surface area contributed by atoms with Crippen LogP contribution in [0.15, 0.2) is 24.3 Å². The molecule has 3 atom stereocenters. The van der Waals surface area contributed by atoms with Crippen molar-refractivity contribution in [3.63, 3.8) is 0 Å². The molecule has 0 saturated carbocycles. The molecular weight excluding hydrogens is 224 g/mol. The lowest BCUT2D eigenvalue weighted by molar-refractivity contribution is 0.178. The molecule has 0 radical (unpaired) electrons. The van der Waals surface area contributed by atoms with E-state index in [1.54, 1.807) is 0 Å². The minimum atomic E-state index is 0.556. The topological polar surface area (TPSA) is 33.3 Å². The van der Waals surface area contributed by atoms with Crippen molar-refractivity contribution in [2.45, 2.75) is 25.3 Å². The molecule has 0 aromatic heterocycles. The van der Waals surface area contributed by atoms with Crippen molar-refractivity contribution < 1.29 is 4.74 Å². The van der Waals surface area contributed by atoms with Gasteiger partial charge < -0.3 is 15.4 Å². The summed E-state index contributed by atoms with van der Waals surface area (Å²) in [5, 5.41) is 7.17. The number of fused-ring (bicyclic) bond motifs is 1. The number of anilines is 1. The lowest BCUT2D eigenvalue weighted by atomic mass is 9.98. The largest absolute Gasteiger partial charge is 0.384 e. The molecule has 3 heteroatoms. The van der Waals surface area contributed by atoms with Crippen LogP contribution in [0.4, 0.5) is 5.69 Å². The van der Waals surface area contributed by atoms with Gasteiger partial charge in [-0.2, -0.15) is 0 Å². The van der Waals surface area contributed by atoms with Gasteiger partial charge in [-0.3, -0.25) is 0 Å². The molecule has 2 aliphatic heterocycles. The Hall–Kier alpha value is -1.06. The second-order valence-electron chi connectivity index (χ2n) is 5.49. The van der Waals surface area contributed by atoms with Crippen LogP contribution in [-0.4, -0.2) is 32.3 Å². The third-order valence-corrected chi connectivity index (χ3v) is 4.30. The van der Waals surface area contributed by atoms with Crippen molar-refractivity contribution in [1.82, 2.24) is 5.32 Å². The first-order chi connectivity index (χ1) is 8.84. The van der Waals surface area contributed by atoms with Gasteiger partial charge in [0.1, 0.15) is 0 Å². The average Bonchev–Trinajstić information content (AvgIpc) is 3.06. The minimum Gasteiger partial charge on any atom is -0.384 e. The van der Waals surface area contributed by atoms with Crippen molar-refractivity contribution in [3.05, 3.63) is 29.8 Å². The standard InChI is InChI=1S/C15H22N2O/c1-11(12-6-7-18-10-12)16-8-13-9-17-15-5-3-2-4-14(13)15/h2-5,11-13,16-17H,6-10H2,1H3.